The number of carbonyl (C=O) groups excluding carboxylic acids is 9. The van der Waals surface area contributed by atoms with Gasteiger partial charge in [0.2, 0.25) is 41.4 Å². The Morgan fingerprint density at radius 2 is 0.600 bits per heavy atom. The molecule has 0 saturated heterocycles. The zero-order valence-corrected chi connectivity index (χ0v) is 65.7. The number of rotatable bonds is 67. The molecular weight excluding hydrogens is 1270 g/mol. The molecule has 100 heavy (non-hydrogen) atoms. The summed E-state index contributed by atoms with van der Waals surface area (Å²) in [6.07, 6.45) is 28.6. The Labute approximate surface area is 608 Å². The van der Waals surface area contributed by atoms with Gasteiger partial charge in [-0.05, 0) is 87.9 Å². The summed E-state index contributed by atoms with van der Waals surface area (Å²) >= 11 is 0. The Bertz CT molecular complexity index is 2170. The number of nitrogens with one attached hydrogen (secondary N) is 1. The molecule has 0 fully saturated rings. The summed E-state index contributed by atoms with van der Waals surface area (Å²) in [7, 11) is 0. The molecule has 6 unspecified atom stereocenters. The van der Waals surface area contributed by atoms with Crippen molar-refractivity contribution in [3.63, 3.8) is 0 Å². The Morgan fingerprint density at radius 1 is 0.330 bits per heavy atom. The van der Waals surface area contributed by atoms with Crippen LogP contribution in [-0.2, 0) is 52.6 Å². The zero-order valence-electron chi connectivity index (χ0n) is 65.7. The third-order valence-electron chi connectivity index (χ3n) is 20.1. The summed E-state index contributed by atoms with van der Waals surface area (Å²) in [6, 6.07) is -0.761. The predicted molar refractivity (Wildman–Crippen MR) is 403 cm³/mol. The highest BCUT2D eigenvalue weighted by Gasteiger charge is 2.33. The van der Waals surface area contributed by atoms with Gasteiger partial charge in [0.25, 0.3) is 0 Å². The largest absolute Gasteiger partial charge is 0.465 e. The minimum Gasteiger partial charge on any atom is -0.465 e. The Balaban J connectivity index is 8.02. The minimum absolute atomic E-state index is 0.00238. The summed E-state index contributed by atoms with van der Waals surface area (Å²) in [4.78, 5) is 139. The van der Waals surface area contributed by atoms with Crippen molar-refractivity contribution in [2.75, 3.05) is 112 Å². The first-order valence-electron chi connectivity index (χ1n) is 40.4. The molecule has 584 valence electrons. The number of amides is 7. The molecule has 7 amide bonds. The molecule has 0 aromatic rings. The number of nitrogens with two attached hydrogens (primary N) is 1. The van der Waals surface area contributed by atoms with Crippen molar-refractivity contribution in [1.82, 2.24) is 34.7 Å². The number of hydrogen-bond donors (Lipinski definition) is 4. The topological polar surface area (TPSA) is 270 Å². The van der Waals surface area contributed by atoms with E-state index in [0.717, 1.165) is 186 Å². The molecule has 0 radical (unpaired) electrons. The lowest BCUT2D eigenvalue weighted by Gasteiger charge is -2.35. The molecule has 21 nitrogen and oxygen atoms in total. The molecule has 0 aliphatic rings. The van der Waals surface area contributed by atoms with Crippen molar-refractivity contribution in [2.45, 2.75) is 307 Å². The van der Waals surface area contributed by atoms with Gasteiger partial charge in [0.1, 0.15) is 0 Å². The lowest BCUT2D eigenvalue weighted by atomic mass is 9.95. The fourth-order valence-electron chi connectivity index (χ4n) is 12.9. The molecule has 0 aliphatic heterocycles. The van der Waals surface area contributed by atoms with Crippen LogP contribution in [-0.4, -0.2) is 210 Å². The number of aliphatic hydroxyl groups excluding tert-OH is 2. The van der Waals surface area contributed by atoms with Crippen molar-refractivity contribution in [3.05, 3.63) is 0 Å². The molecule has 5 N–H and O–H groups in total. The number of esters is 2. The Morgan fingerprint density at radius 3 is 0.890 bits per heavy atom. The lowest BCUT2D eigenvalue weighted by Crippen LogP contribution is -2.53. The Hall–Kier alpha value is -4.89. The third-order valence-corrected chi connectivity index (χ3v) is 20.1. The van der Waals surface area contributed by atoms with Crippen LogP contribution in [0.25, 0.3) is 0 Å². The molecule has 0 aliphatic carbocycles. The van der Waals surface area contributed by atoms with Gasteiger partial charge >= 0.3 is 11.9 Å². The first-order chi connectivity index (χ1) is 48.2. The van der Waals surface area contributed by atoms with Crippen LogP contribution < -0.4 is 11.1 Å². The molecule has 0 saturated carbocycles. The maximum absolute atomic E-state index is 15.6. The number of ether oxygens (including phenoxy) is 2. The van der Waals surface area contributed by atoms with Crippen LogP contribution in [0.15, 0.2) is 0 Å². The molecule has 0 aromatic heterocycles. The standard InChI is InChI=1S/C79H150N8O13/c1-13-25-33-35-45-68(43-31-19-7)78(97)99-49-37-47-82(57-75(94)84(56-71(80)90)52-64(21-9)39-27-15-3)74(93)60-86(54-66(23-11)41-29-17-5)77(96)61-87(55-67(24-12)42-30-18-6)76(95)58-83(48-38-50-100-79(98)69(44-32-20-8)46-36-34-26-14-2)73(92)59-85(53-65(22-10)40-28-16-4)72(91)51-81-70(62-88)63-89/h64-70,81,88-89H,13-63H2,1-12H3,(H2,80,90). The third kappa shape index (κ3) is 43.9. The van der Waals surface area contributed by atoms with E-state index in [1.807, 2.05) is 27.7 Å². The van der Waals surface area contributed by atoms with Gasteiger partial charge < -0.3 is 60.1 Å². The lowest BCUT2D eigenvalue weighted by molar-refractivity contribution is -0.151. The van der Waals surface area contributed by atoms with Crippen LogP contribution in [0, 0.1) is 35.5 Å². The van der Waals surface area contributed by atoms with E-state index in [4.69, 9.17) is 15.2 Å². The van der Waals surface area contributed by atoms with Gasteiger partial charge in [0.05, 0.1) is 90.1 Å². The monoisotopic (exact) mass is 1420 g/mol. The second-order valence-corrected chi connectivity index (χ2v) is 28.7. The molecule has 6 atom stereocenters. The second kappa shape index (κ2) is 61.6. The number of aliphatic hydroxyl groups is 2. The summed E-state index contributed by atoms with van der Waals surface area (Å²) in [6.45, 7) is 22.4. The molecule has 0 rings (SSSR count). The molecule has 0 spiro atoms. The normalized spacial score (nSPS) is 13.2. The number of carbonyl (C=O) groups is 9. The second-order valence-electron chi connectivity index (χ2n) is 28.7. The summed E-state index contributed by atoms with van der Waals surface area (Å²) < 4.78 is 11.9. The minimum atomic E-state index is -0.761. The van der Waals surface area contributed by atoms with Crippen LogP contribution in [0.4, 0.5) is 0 Å². The quantitative estimate of drug-likeness (QED) is 0.0326. The van der Waals surface area contributed by atoms with E-state index in [0.29, 0.717) is 19.3 Å². The van der Waals surface area contributed by atoms with Crippen molar-refractivity contribution in [3.8, 4) is 0 Å². The van der Waals surface area contributed by atoms with E-state index in [1.54, 1.807) is 0 Å². The number of unbranched alkanes of at least 4 members (excludes halogenated alkanes) is 12. The van der Waals surface area contributed by atoms with Crippen molar-refractivity contribution >= 4 is 53.3 Å². The highest BCUT2D eigenvalue weighted by molar-refractivity contribution is 5.93. The van der Waals surface area contributed by atoms with E-state index >= 15 is 19.2 Å². The van der Waals surface area contributed by atoms with Gasteiger partial charge in [-0.1, -0.05) is 237 Å². The van der Waals surface area contributed by atoms with E-state index in [1.165, 1.54) is 29.4 Å². The van der Waals surface area contributed by atoms with Crippen LogP contribution in [0.1, 0.15) is 301 Å². The highest BCUT2D eigenvalue weighted by atomic mass is 16.5. The van der Waals surface area contributed by atoms with E-state index in [-0.39, 0.29) is 132 Å². The molecule has 0 heterocycles. The summed E-state index contributed by atoms with van der Waals surface area (Å²) in [5, 5.41) is 22.7. The van der Waals surface area contributed by atoms with Gasteiger partial charge in [-0.15, -0.1) is 0 Å². The highest BCUT2D eigenvalue weighted by Crippen LogP contribution is 2.24. The number of nitrogens with zero attached hydrogens (tertiary/aromatic N) is 6. The summed E-state index contributed by atoms with van der Waals surface area (Å²) in [5.74, 6) is -4.56. The van der Waals surface area contributed by atoms with E-state index in [9.17, 15) is 34.2 Å². The molecule has 21 heteroatoms. The SMILES string of the molecule is CCCCCCC(CCCC)C(=O)OCCCN(CC(=O)N(CC(=O)N(CC(=O)N(CCCOC(=O)C(CCCC)CCCCCC)CC(=O)N(CC(N)=O)CC(CC)CCCC)CC(CC)CCCC)CC(CC)CCCC)C(=O)CN(CC(CC)CCCC)C(=O)CNC(CO)CO. The van der Waals surface area contributed by atoms with Gasteiger partial charge in [-0.25, -0.2) is 0 Å². The van der Waals surface area contributed by atoms with Gasteiger partial charge in [0, 0.05) is 39.3 Å². The first kappa shape index (κ1) is 95.1. The van der Waals surface area contributed by atoms with Crippen LogP contribution in [0.2, 0.25) is 0 Å². The van der Waals surface area contributed by atoms with E-state index < -0.39 is 86.8 Å². The van der Waals surface area contributed by atoms with Gasteiger partial charge in [-0.3, -0.25) is 43.2 Å². The van der Waals surface area contributed by atoms with Crippen molar-refractivity contribution in [1.29, 1.82) is 0 Å². The fraction of sp³-hybridized carbons (Fsp3) is 0.886. The number of hydrogen-bond acceptors (Lipinski definition) is 14. The molecule has 0 aromatic carbocycles. The van der Waals surface area contributed by atoms with Gasteiger partial charge in [-0.2, -0.15) is 0 Å². The van der Waals surface area contributed by atoms with Crippen LogP contribution in [0.5, 0.6) is 0 Å². The predicted octanol–water partition coefficient (Wildman–Crippen LogP) is 12.7. The van der Waals surface area contributed by atoms with Crippen molar-refractivity contribution < 1.29 is 62.8 Å². The van der Waals surface area contributed by atoms with Crippen molar-refractivity contribution in [2.24, 2.45) is 41.2 Å². The molecule has 0 bridgehead atoms. The van der Waals surface area contributed by atoms with Crippen LogP contribution >= 0.6 is 0 Å². The number of primary amides is 1. The summed E-state index contributed by atoms with van der Waals surface area (Å²) in [5.41, 5.74) is 5.79. The average molecular weight is 1420 g/mol. The Kier molecular flexibility index (Phi) is 58.6. The first-order valence-corrected chi connectivity index (χ1v) is 40.4. The average Bonchev–Trinajstić information content (AvgIpc) is 0.857. The van der Waals surface area contributed by atoms with Gasteiger partial charge in [0.15, 0.2) is 0 Å². The van der Waals surface area contributed by atoms with Crippen LogP contribution in [0.3, 0.4) is 0 Å². The maximum Gasteiger partial charge on any atom is 0.308 e. The molecular formula is C79H150N8O13. The smallest absolute Gasteiger partial charge is 0.308 e. The fourth-order valence-corrected chi connectivity index (χ4v) is 12.9. The zero-order chi connectivity index (χ0) is 74.9. The maximum atomic E-state index is 15.6. The van der Waals surface area contributed by atoms with E-state index in [2.05, 4.69) is 60.7 Å².